The summed E-state index contributed by atoms with van der Waals surface area (Å²) in [6, 6.07) is 14.0. The third-order valence-corrected chi connectivity index (χ3v) is 4.30. The Morgan fingerprint density at radius 2 is 1.85 bits per heavy atom. The second-order valence-corrected chi connectivity index (χ2v) is 5.80. The van der Waals surface area contributed by atoms with Crippen LogP contribution >= 0.6 is 12.4 Å². The van der Waals surface area contributed by atoms with Gasteiger partial charge in [0.1, 0.15) is 18.3 Å². The molecule has 4 rings (SSSR count). The van der Waals surface area contributed by atoms with Crippen LogP contribution in [0.2, 0.25) is 0 Å². The fraction of sp³-hybridized carbons (Fsp3) is 0.158. The Bertz CT molecular complexity index is 956. The molecule has 0 fully saturated rings. The first-order valence-electron chi connectivity index (χ1n) is 8.16. The van der Waals surface area contributed by atoms with Crippen molar-refractivity contribution in [2.75, 3.05) is 11.4 Å². The Morgan fingerprint density at radius 1 is 1.15 bits per heavy atom. The predicted octanol–water partition coefficient (Wildman–Crippen LogP) is 4.29. The van der Waals surface area contributed by atoms with E-state index in [0.717, 1.165) is 16.9 Å². The van der Waals surface area contributed by atoms with E-state index in [1.54, 1.807) is 29.3 Å². The lowest BCUT2D eigenvalue weighted by molar-refractivity contribution is 0.245. The molecule has 0 radical (unpaired) electrons. The normalized spacial score (nSPS) is 12.0. The minimum Gasteiger partial charge on any atom is -0.338 e. The largest absolute Gasteiger partial charge is 0.338 e. The van der Waals surface area contributed by atoms with Crippen molar-refractivity contribution < 1.29 is 9.18 Å². The molecule has 0 bridgehead atoms. The van der Waals surface area contributed by atoms with E-state index in [1.165, 1.54) is 6.07 Å². The molecule has 2 heterocycles. The number of hydrogen-bond acceptors (Lipinski definition) is 2. The first-order chi connectivity index (χ1) is 12.2. The number of nitrogens with zero attached hydrogens (tertiary/aromatic N) is 3. The summed E-state index contributed by atoms with van der Waals surface area (Å²) in [6.45, 7) is 2.69. The molecule has 1 aromatic heterocycles. The third kappa shape index (κ3) is 2.82. The Kier molecular flexibility index (Phi) is 4.95. The minimum absolute atomic E-state index is 0. The van der Waals surface area contributed by atoms with Crippen LogP contribution in [0.1, 0.15) is 6.92 Å². The van der Waals surface area contributed by atoms with Gasteiger partial charge in [0.2, 0.25) is 0 Å². The number of anilines is 1. The molecule has 5 nitrogen and oxygen atoms in total. The molecule has 134 valence electrons. The number of carbonyl (C=O) groups excluding carboxylic acids is 1. The average molecular weight is 373 g/mol. The number of urea groups is 1. The standard InChI is InChI=1S/C19H17FN4O.ClH/c1-2-21-19(25)24-12-23-17(14-8-4-6-10-16(14)24)11-22-18(23)13-7-3-5-9-15(13)20;/h3-11H,2,12H2,1H3,(H,21,25);1H. The summed E-state index contributed by atoms with van der Waals surface area (Å²) in [5.41, 5.74) is 3.01. The van der Waals surface area contributed by atoms with Crippen LogP contribution in [0.4, 0.5) is 14.9 Å². The summed E-state index contributed by atoms with van der Waals surface area (Å²) in [5, 5.41) is 2.83. The van der Waals surface area contributed by atoms with E-state index in [-0.39, 0.29) is 30.9 Å². The summed E-state index contributed by atoms with van der Waals surface area (Å²) in [7, 11) is 0. The molecule has 7 heteroatoms. The van der Waals surface area contributed by atoms with Crippen molar-refractivity contribution in [2.45, 2.75) is 13.6 Å². The van der Waals surface area contributed by atoms with Gasteiger partial charge in [0.05, 0.1) is 23.1 Å². The van der Waals surface area contributed by atoms with Crippen LogP contribution in [0.3, 0.4) is 0 Å². The predicted molar refractivity (Wildman–Crippen MR) is 102 cm³/mol. The van der Waals surface area contributed by atoms with E-state index in [1.807, 2.05) is 35.8 Å². The van der Waals surface area contributed by atoms with Crippen molar-refractivity contribution in [1.29, 1.82) is 0 Å². The van der Waals surface area contributed by atoms with E-state index in [4.69, 9.17) is 0 Å². The van der Waals surface area contributed by atoms with Crippen molar-refractivity contribution in [3.8, 4) is 22.6 Å². The number of fused-ring (bicyclic) bond motifs is 3. The van der Waals surface area contributed by atoms with Gasteiger partial charge in [-0.15, -0.1) is 12.4 Å². The molecule has 2 amide bonds. The fourth-order valence-electron chi connectivity index (χ4n) is 3.15. The summed E-state index contributed by atoms with van der Waals surface area (Å²) >= 11 is 0. The number of carbonyl (C=O) groups is 1. The molecule has 0 spiro atoms. The molecule has 2 aromatic carbocycles. The maximum Gasteiger partial charge on any atom is 0.323 e. The van der Waals surface area contributed by atoms with Crippen molar-refractivity contribution in [3.63, 3.8) is 0 Å². The van der Waals surface area contributed by atoms with Crippen LogP contribution in [0.5, 0.6) is 0 Å². The highest BCUT2D eigenvalue weighted by molar-refractivity contribution is 5.97. The molecule has 0 unspecified atom stereocenters. The smallest absolute Gasteiger partial charge is 0.323 e. The van der Waals surface area contributed by atoms with Crippen LogP contribution in [0.25, 0.3) is 22.6 Å². The van der Waals surface area contributed by atoms with Crippen LogP contribution in [0.15, 0.2) is 54.7 Å². The Labute approximate surface area is 156 Å². The van der Waals surface area contributed by atoms with Gasteiger partial charge < -0.3 is 9.88 Å². The fourth-order valence-corrected chi connectivity index (χ4v) is 3.15. The Balaban J connectivity index is 0.00000196. The monoisotopic (exact) mass is 372 g/mol. The Hall–Kier alpha value is -2.86. The molecule has 0 saturated carbocycles. The highest BCUT2D eigenvalue weighted by Gasteiger charge is 2.28. The molecule has 0 saturated heterocycles. The minimum atomic E-state index is -0.334. The average Bonchev–Trinajstić information content (AvgIpc) is 3.05. The zero-order valence-electron chi connectivity index (χ0n) is 14.1. The van der Waals surface area contributed by atoms with Crippen LogP contribution in [-0.4, -0.2) is 22.1 Å². The third-order valence-electron chi connectivity index (χ3n) is 4.30. The van der Waals surface area contributed by atoms with Crippen LogP contribution < -0.4 is 10.2 Å². The van der Waals surface area contributed by atoms with Crippen molar-refractivity contribution in [2.24, 2.45) is 0 Å². The number of nitrogens with one attached hydrogen (secondary N) is 1. The van der Waals surface area contributed by atoms with E-state index in [9.17, 15) is 9.18 Å². The number of imidazole rings is 1. The maximum absolute atomic E-state index is 14.2. The molecular formula is C19H18ClFN4O. The van der Waals surface area contributed by atoms with Gasteiger partial charge in [-0.3, -0.25) is 4.90 Å². The summed E-state index contributed by atoms with van der Waals surface area (Å²) in [5.74, 6) is 0.177. The zero-order valence-corrected chi connectivity index (χ0v) is 15.0. The first kappa shape index (κ1) is 17.9. The molecular weight excluding hydrogens is 355 g/mol. The molecule has 1 N–H and O–H groups in total. The highest BCUT2D eigenvalue weighted by atomic mass is 35.5. The summed E-state index contributed by atoms with van der Waals surface area (Å²) < 4.78 is 16.1. The van der Waals surface area contributed by atoms with Gasteiger partial charge in [-0.1, -0.05) is 30.3 Å². The van der Waals surface area contributed by atoms with E-state index in [2.05, 4.69) is 10.3 Å². The zero-order chi connectivity index (χ0) is 17.4. The number of hydrogen-bond donors (Lipinski definition) is 1. The van der Waals surface area contributed by atoms with E-state index < -0.39 is 0 Å². The number of aromatic nitrogens is 2. The van der Waals surface area contributed by atoms with Crippen LogP contribution in [0, 0.1) is 5.82 Å². The second kappa shape index (κ2) is 7.17. The number of para-hydroxylation sites is 1. The molecule has 3 aromatic rings. The van der Waals surface area contributed by atoms with Crippen molar-refractivity contribution in [1.82, 2.24) is 14.9 Å². The lowest BCUT2D eigenvalue weighted by Gasteiger charge is -2.31. The van der Waals surface area contributed by atoms with Gasteiger partial charge in [0, 0.05) is 12.1 Å². The van der Waals surface area contributed by atoms with Crippen molar-refractivity contribution >= 4 is 24.1 Å². The topological polar surface area (TPSA) is 50.2 Å². The highest BCUT2D eigenvalue weighted by Crippen LogP contribution is 2.38. The molecule has 0 aliphatic carbocycles. The van der Waals surface area contributed by atoms with E-state index >= 15 is 0 Å². The summed E-state index contributed by atoms with van der Waals surface area (Å²) in [6.07, 6.45) is 1.73. The first-order valence-corrected chi connectivity index (χ1v) is 8.16. The van der Waals surface area contributed by atoms with Gasteiger partial charge in [-0.25, -0.2) is 14.2 Å². The molecule has 1 aliphatic heterocycles. The van der Waals surface area contributed by atoms with Gasteiger partial charge in [-0.05, 0) is 25.1 Å². The number of halogens is 2. The SMILES string of the molecule is CCNC(=O)N1Cn2c(cnc2-c2ccccc2F)-c2ccccc21.Cl. The lowest BCUT2D eigenvalue weighted by Crippen LogP contribution is -2.43. The van der Waals surface area contributed by atoms with Gasteiger partial charge in [0.15, 0.2) is 0 Å². The number of rotatable bonds is 2. The number of benzene rings is 2. The maximum atomic E-state index is 14.2. The lowest BCUT2D eigenvalue weighted by atomic mass is 10.1. The van der Waals surface area contributed by atoms with Crippen LogP contribution in [-0.2, 0) is 6.67 Å². The molecule has 26 heavy (non-hydrogen) atoms. The second-order valence-electron chi connectivity index (χ2n) is 5.80. The van der Waals surface area contributed by atoms with Gasteiger partial charge >= 0.3 is 6.03 Å². The number of amides is 2. The molecule has 1 aliphatic rings. The summed E-state index contributed by atoms with van der Waals surface area (Å²) in [4.78, 5) is 18.6. The van der Waals surface area contributed by atoms with Gasteiger partial charge in [-0.2, -0.15) is 0 Å². The van der Waals surface area contributed by atoms with Crippen molar-refractivity contribution in [3.05, 3.63) is 60.5 Å². The molecule has 0 atom stereocenters. The van der Waals surface area contributed by atoms with Gasteiger partial charge in [0.25, 0.3) is 0 Å². The van der Waals surface area contributed by atoms with E-state index in [0.29, 0.717) is 17.9 Å². The quantitative estimate of drug-likeness (QED) is 0.729. The Morgan fingerprint density at radius 3 is 2.58 bits per heavy atom.